The van der Waals surface area contributed by atoms with Gasteiger partial charge in [0.05, 0.1) is 12.3 Å². The Morgan fingerprint density at radius 1 is 1.05 bits per heavy atom. The van der Waals surface area contributed by atoms with Crippen molar-refractivity contribution in [3.8, 4) is 16.9 Å². The zero-order chi connectivity index (χ0) is 28.5. The average Bonchev–Trinajstić information content (AvgIpc) is 3.39. The Balaban J connectivity index is 1.34. The summed E-state index contributed by atoms with van der Waals surface area (Å²) in [5, 5.41) is 19.7. The Labute approximate surface area is 231 Å². The molecule has 0 spiro atoms. The molecule has 1 aliphatic rings. The van der Waals surface area contributed by atoms with E-state index in [4.69, 9.17) is 9.57 Å². The first-order valence-electron chi connectivity index (χ1n) is 12.7. The summed E-state index contributed by atoms with van der Waals surface area (Å²) in [6.07, 6.45) is 2.63. The summed E-state index contributed by atoms with van der Waals surface area (Å²) in [6.45, 7) is 1.44. The van der Waals surface area contributed by atoms with Gasteiger partial charge in [0.1, 0.15) is 31.6 Å². The Bertz CT molecular complexity index is 1350. The lowest BCUT2D eigenvalue weighted by Gasteiger charge is -2.24. The van der Waals surface area contributed by atoms with E-state index in [0.29, 0.717) is 22.7 Å². The number of aromatic nitrogens is 1. The third kappa shape index (κ3) is 7.41. The number of hydrogen-bond donors (Lipinski definition) is 3. The Morgan fingerprint density at radius 2 is 1.73 bits per heavy atom. The number of pyridine rings is 1. The van der Waals surface area contributed by atoms with Crippen molar-refractivity contribution in [1.82, 2.24) is 15.2 Å². The molecule has 3 aromatic rings. The number of benzene rings is 2. The van der Waals surface area contributed by atoms with E-state index in [-0.39, 0.29) is 37.9 Å². The number of carbonyl (C=O) groups excluding carboxylic acids is 3. The molecule has 0 saturated carbocycles. The van der Waals surface area contributed by atoms with Crippen molar-refractivity contribution in [2.24, 2.45) is 5.16 Å². The van der Waals surface area contributed by atoms with Crippen molar-refractivity contribution in [2.75, 3.05) is 32.1 Å². The van der Waals surface area contributed by atoms with E-state index < -0.39 is 18.1 Å². The normalized spacial score (nSPS) is 16.3. The van der Waals surface area contributed by atoms with Crippen LogP contribution < -0.4 is 15.4 Å². The molecule has 4 rings (SSSR count). The molecule has 1 unspecified atom stereocenters. The van der Waals surface area contributed by atoms with Crippen LogP contribution in [-0.2, 0) is 14.4 Å². The lowest BCUT2D eigenvalue weighted by molar-refractivity contribution is -0.125. The van der Waals surface area contributed by atoms with Crippen molar-refractivity contribution >= 4 is 29.1 Å². The zero-order valence-electron chi connectivity index (χ0n) is 22.2. The summed E-state index contributed by atoms with van der Waals surface area (Å²) >= 11 is 0. The van der Waals surface area contributed by atoms with E-state index in [0.717, 1.165) is 11.1 Å². The third-order valence-electron chi connectivity index (χ3n) is 6.22. The minimum atomic E-state index is -0.989. The number of amides is 3. The fourth-order valence-corrected chi connectivity index (χ4v) is 4.29. The Hall–Kier alpha value is -4.77. The highest BCUT2D eigenvalue weighted by Gasteiger charge is 2.38. The van der Waals surface area contributed by atoms with Gasteiger partial charge in [0.2, 0.25) is 11.8 Å². The molecule has 2 atom stereocenters. The van der Waals surface area contributed by atoms with E-state index in [9.17, 15) is 19.5 Å². The number of rotatable bonds is 10. The van der Waals surface area contributed by atoms with Gasteiger partial charge in [-0.2, -0.15) is 0 Å². The fourth-order valence-electron chi connectivity index (χ4n) is 4.29. The van der Waals surface area contributed by atoms with Crippen molar-refractivity contribution in [2.45, 2.75) is 25.5 Å². The summed E-state index contributed by atoms with van der Waals surface area (Å²) in [5.41, 5.74) is 3.55. The highest BCUT2D eigenvalue weighted by Crippen LogP contribution is 2.23. The second-order valence-corrected chi connectivity index (χ2v) is 9.22. The number of carbonyl (C=O) groups is 3. The number of likely N-dealkylation sites (tertiary alicyclic amines) is 1. The molecule has 0 aliphatic carbocycles. The van der Waals surface area contributed by atoms with Crippen LogP contribution in [0, 0.1) is 0 Å². The quantitative estimate of drug-likeness (QED) is 0.332. The minimum Gasteiger partial charge on any atom is -0.491 e. The van der Waals surface area contributed by atoms with Crippen molar-refractivity contribution in [3.63, 3.8) is 0 Å². The van der Waals surface area contributed by atoms with Gasteiger partial charge in [-0.25, -0.2) is 0 Å². The van der Waals surface area contributed by atoms with Crippen LogP contribution in [0.3, 0.4) is 0 Å². The predicted molar refractivity (Wildman–Crippen MR) is 149 cm³/mol. The first-order chi connectivity index (χ1) is 19.3. The number of aliphatic hydroxyl groups excluding tert-OH is 1. The van der Waals surface area contributed by atoms with Crippen LogP contribution in [-0.4, -0.2) is 77.4 Å². The molecule has 0 bridgehead atoms. The standard InChI is InChI=1S/C29H31N5O6/c1-19(35)32-23-7-9-26(10-8-23)40-18-25(36)16-31-28(37)27-15-24(33-39-2)17-34(27)29(38)22-5-3-20(4-6-22)21-11-13-30-14-12-21/h3-14,25,27,36H,15-18H2,1-2H3,(H,31,37)(H,32,35)/b33-24-/t25-,27?/m0/s1. The maximum Gasteiger partial charge on any atom is 0.254 e. The molecule has 1 aromatic heterocycles. The molecule has 3 N–H and O–H groups in total. The van der Waals surface area contributed by atoms with Gasteiger partial charge in [0, 0.05) is 43.5 Å². The third-order valence-corrected chi connectivity index (χ3v) is 6.22. The molecule has 208 valence electrons. The van der Waals surface area contributed by atoms with E-state index in [1.807, 2.05) is 24.3 Å². The van der Waals surface area contributed by atoms with Crippen LogP contribution in [0.25, 0.3) is 11.1 Å². The number of nitrogens with one attached hydrogen (secondary N) is 2. The summed E-state index contributed by atoms with van der Waals surface area (Å²) < 4.78 is 5.58. The Morgan fingerprint density at radius 3 is 2.38 bits per heavy atom. The fraction of sp³-hybridized carbons (Fsp3) is 0.276. The monoisotopic (exact) mass is 545 g/mol. The molecular formula is C29H31N5O6. The van der Waals surface area contributed by atoms with Gasteiger partial charge in [-0.05, 0) is 59.7 Å². The first-order valence-corrected chi connectivity index (χ1v) is 12.7. The van der Waals surface area contributed by atoms with Gasteiger partial charge in [-0.3, -0.25) is 19.4 Å². The lowest BCUT2D eigenvalue weighted by atomic mass is 10.0. The van der Waals surface area contributed by atoms with Gasteiger partial charge < -0.3 is 30.2 Å². The van der Waals surface area contributed by atoms with Gasteiger partial charge in [0.15, 0.2) is 0 Å². The van der Waals surface area contributed by atoms with Crippen LogP contribution in [0.15, 0.2) is 78.2 Å². The smallest absolute Gasteiger partial charge is 0.254 e. The number of nitrogens with zero attached hydrogens (tertiary/aromatic N) is 3. The predicted octanol–water partition coefficient (Wildman–Crippen LogP) is 2.48. The van der Waals surface area contributed by atoms with E-state index in [1.165, 1.54) is 18.9 Å². The molecule has 1 saturated heterocycles. The Kier molecular flexibility index (Phi) is 9.42. The van der Waals surface area contributed by atoms with Crippen molar-refractivity contribution in [3.05, 3.63) is 78.6 Å². The summed E-state index contributed by atoms with van der Waals surface area (Å²) in [5.74, 6) is -0.402. The van der Waals surface area contributed by atoms with Crippen molar-refractivity contribution in [1.29, 1.82) is 0 Å². The number of oxime groups is 1. The van der Waals surface area contributed by atoms with Crippen LogP contribution in [0.4, 0.5) is 5.69 Å². The molecule has 2 aromatic carbocycles. The molecule has 3 amide bonds. The second-order valence-electron chi connectivity index (χ2n) is 9.22. The molecular weight excluding hydrogens is 514 g/mol. The van der Waals surface area contributed by atoms with Crippen LogP contribution >= 0.6 is 0 Å². The number of anilines is 1. The SMILES string of the molecule is CO/N=C1/CC(C(=O)NC[C@H](O)COc2ccc(NC(C)=O)cc2)N(C(=O)c2ccc(-c3ccncc3)cc2)C1. The molecule has 0 radical (unpaired) electrons. The van der Waals surface area contributed by atoms with Gasteiger partial charge >= 0.3 is 0 Å². The molecule has 11 heteroatoms. The van der Waals surface area contributed by atoms with Crippen LogP contribution in [0.2, 0.25) is 0 Å². The topological polar surface area (TPSA) is 142 Å². The summed E-state index contributed by atoms with van der Waals surface area (Å²) in [4.78, 5) is 48.0. The number of hydrogen-bond acceptors (Lipinski definition) is 8. The first kappa shape index (κ1) is 28.2. The zero-order valence-corrected chi connectivity index (χ0v) is 22.2. The number of aliphatic hydroxyl groups is 1. The summed E-state index contributed by atoms with van der Waals surface area (Å²) in [7, 11) is 1.41. The number of ether oxygens (including phenoxy) is 1. The second kappa shape index (κ2) is 13.3. The minimum absolute atomic E-state index is 0.0622. The lowest BCUT2D eigenvalue weighted by Crippen LogP contribution is -2.48. The highest BCUT2D eigenvalue weighted by molar-refractivity contribution is 6.05. The van der Waals surface area contributed by atoms with E-state index >= 15 is 0 Å². The summed E-state index contributed by atoms with van der Waals surface area (Å²) in [6, 6.07) is 16.8. The largest absolute Gasteiger partial charge is 0.491 e. The van der Waals surface area contributed by atoms with Crippen LogP contribution in [0.5, 0.6) is 5.75 Å². The van der Waals surface area contributed by atoms with Gasteiger partial charge in [-0.15, -0.1) is 0 Å². The highest BCUT2D eigenvalue weighted by atomic mass is 16.6. The van der Waals surface area contributed by atoms with Crippen LogP contribution in [0.1, 0.15) is 23.7 Å². The van der Waals surface area contributed by atoms with Gasteiger partial charge in [-0.1, -0.05) is 17.3 Å². The van der Waals surface area contributed by atoms with E-state index in [2.05, 4.69) is 20.8 Å². The maximum absolute atomic E-state index is 13.4. The average molecular weight is 546 g/mol. The van der Waals surface area contributed by atoms with E-state index in [1.54, 1.807) is 48.8 Å². The maximum atomic E-state index is 13.4. The molecule has 11 nitrogen and oxygen atoms in total. The molecule has 1 fully saturated rings. The van der Waals surface area contributed by atoms with Gasteiger partial charge in [0.25, 0.3) is 5.91 Å². The molecule has 2 heterocycles. The molecule has 1 aliphatic heterocycles. The molecule has 40 heavy (non-hydrogen) atoms. The van der Waals surface area contributed by atoms with Crippen molar-refractivity contribution < 1.29 is 29.1 Å².